The highest BCUT2D eigenvalue weighted by atomic mass is 32.2. The smallest absolute Gasteiger partial charge is 0.175 e. The summed E-state index contributed by atoms with van der Waals surface area (Å²) in [7, 11) is -3.14. The van der Waals surface area contributed by atoms with E-state index in [1.165, 1.54) is 16.0 Å². The summed E-state index contributed by atoms with van der Waals surface area (Å²) in [5.74, 6) is 0. The highest BCUT2D eigenvalue weighted by Gasteiger charge is 2.11. The van der Waals surface area contributed by atoms with Gasteiger partial charge < -0.3 is 5.73 Å². The summed E-state index contributed by atoms with van der Waals surface area (Å²) in [6, 6.07) is 11.0. The van der Waals surface area contributed by atoms with Crippen LogP contribution in [0.3, 0.4) is 0 Å². The number of thiophene rings is 1. The minimum Gasteiger partial charge on any atom is -0.324 e. The molecule has 1 unspecified atom stereocenters. The van der Waals surface area contributed by atoms with E-state index < -0.39 is 9.84 Å². The Morgan fingerprint density at radius 3 is 2.20 bits per heavy atom. The van der Waals surface area contributed by atoms with Crippen molar-refractivity contribution in [3.63, 3.8) is 0 Å². The fraction of sp³-hybridized carbons (Fsp3) is 0.333. The molecule has 1 heterocycles. The van der Waals surface area contributed by atoms with Gasteiger partial charge in [-0.3, -0.25) is 0 Å². The van der Waals surface area contributed by atoms with E-state index in [1.54, 1.807) is 35.6 Å². The molecular weight excluding hydrogens is 290 g/mol. The molecule has 0 amide bonds. The lowest BCUT2D eigenvalue weighted by atomic mass is 10.0. The topological polar surface area (TPSA) is 60.2 Å². The molecule has 0 saturated carbocycles. The first kappa shape index (κ1) is 15.2. The lowest BCUT2D eigenvalue weighted by molar-refractivity contribution is 0.601. The van der Waals surface area contributed by atoms with Crippen molar-refractivity contribution in [2.24, 2.45) is 5.73 Å². The molecular formula is C15H19NO2S2. The monoisotopic (exact) mass is 309 g/mol. The molecule has 1 aromatic heterocycles. The average molecular weight is 309 g/mol. The molecule has 2 N–H and O–H groups in total. The zero-order valence-electron chi connectivity index (χ0n) is 11.7. The van der Waals surface area contributed by atoms with Gasteiger partial charge in [-0.25, -0.2) is 8.42 Å². The minimum atomic E-state index is -3.14. The summed E-state index contributed by atoms with van der Waals surface area (Å²) >= 11 is 1.79. The molecule has 3 nitrogen and oxygen atoms in total. The van der Waals surface area contributed by atoms with E-state index in [2.05, 4.69) is 19.1 Å². The molecule has 20 heavy (non-hydrogen) atoms. The lowest BCUT2D eigenvalue weighted by Crippen LogP contribution is -2.12. The summed E-state index contributed by atoms with van der Waals surface area (Å²) in [6.45, 7) is 2.14. The first-order valence-electron chi connectivity index (χ1n) is 6.53. The number of nitrogens with two attached hydrogens (primary N) is 1. The normalized spacial score (nSPS) is 13.3. The molecule has 0 fully saturated rings. The van der Waals surface area contributed by atoms with E-state index in [0.29, 0.717) is 4.90 Å². The van der Waals surface area contributed by atoms with Gasteiger partial charge in [0.25, 0.3) is 0 Å². The van der Waals surface area contributed by atoms with Crippen LogP contribution in [0, 0.1) is 0 Å². The highest BCUT2D eigenvalue weighted by molar-refractivity contribution is 7.90. The van der Waals surface area contributed by atoms with Crippen molar-refractivity contribution in [1.82, 2.24) is 0 Å². The third-order valence-corrected chi connectivity index (χ3v) is 5.60. The lowest BCUT2D eigenvalue weighted by Gasteiger charge is -2.11. The van der Waals surface area contributed by atoms with E-state index in [0.717, 1.165) is 18.4 Å². The third kappa shape index (κ3) is 3.69. The molecule has 2 aromatic rings. The van der Waals surface area contributed by atoms with Gasteiger partial charge in [-0.1, -0.05) is 19.1 Å². The summed E-state index contributed by atoms with van der Waals surface area (Å²) in [5.41, 5.74) is 7.16. The van der Waals surface area contributed by atoms with Gasteiger partial charge in [-0.2, -0.15) is 0 Å². The summed E-state index contributed by atoms with van der Waals surface area (Å²) in [6.07, 6.45) is 3.03. The zero-order chi connectivity index (χ0) is 14.8. The minimum absolute atomic E-state index is 0.105. The van der Waals surface area contributed by atoms with Gasteiger partial charge in [0.05, 0.1) is 4.90 Å². The fourth-order valence-electron chi connectivity index (χ4n) is 2.02. The number of hydrogen-bond acceptors (Lipinski definition) is 4. The molecule has 5 heteroatoms. The SMILES string of the molecule is CCc1ccc(CC(N)c2ccc(S(C)(=O)=O)cc2)s1. The van der Waals surface area contributed by atoms with Gasteiger partial charge in [-0.15, -0.1) is 11.3 Å². The molecule has 0 aliphatic carbocycles. The second-order valence-corrected chi connectivity index (χ2v) is 8.14. The maximum Gasteiger partial charge on any atom is 0.175 e. The Bertz CT molecular complexity index is 672. The van der Waals surface area contributed by atoms with Crippen LogP contribution in [0.25, 0.3) is 0 Å². The Labute approximate surface area is 124 Å². The molecule has 108 valence electrons. The highest BCUT2D eigenvalue weighted by Crippen LogP contribution is 2.23. The van der Waals surface area contributed by atoms with Gasteiger partial charge >= 0.3 is 0 Å². The predicted octanol–water partition coefficient (Wildman–Crippen LogP) is 2.96. The van der Waals surface area contributed by atoms with E-state index in [-0.39, 0.29) is 6.04 Å². The average Bonchev–Trinajstić information content (AvgIpc) is 2.85. The van der Waals surface area contributed by atoms with Crippen LogP contribution < -0.4 is 5.73 Å². The van der Waals surface area contributed by atoms with Crippen LogP contribution in [0.1, 0.15) is 28.3 Å². The Morgan fingerprint density at radius 1 is 1.10 bits per heavy atom. The molecule has 0 spiro atoms. The molecule has 0 saturated heterocycles. The summed E-state index contributed by atoms with van der Waals surface area (Å²) in [4.78, 5) is 2.96. The van der Waals surface area contributed by atoms with E-state index >= 15 is 0 Å². The van der Waals surface area contributed by atoms with Crippen molar-refractivity contribution in [3.05, 3.63) is 51.7 Å². The summed E-state index contributed by atoms with van der Waals surface area (Å²) in [5, 5.41) is 0. The van der Waals surface area contributed by atoms with Crippen LogP contribution in [0.15, 0.2) is 41.3 Å². The van der Waals surface area contributed by atoms with E-state index in [4.69, 9.17) is 5.73 Å². The van der Waals surface area contributed by atoms with Crippen LogP contribution in [-0.2, 0) is 22.7 Å². The molecule has 0 aliphatic heterocycles. The Balaban J connectivity index is 2.11. The molecule has 0 bridgehead atoms. The first-order chi connectivity index (χ1) is 9.40. The van der Waals surface area contributed by atoms with Gasteiger partial charge in [-0.05, 0) is 36.2 Å². The van der Waals surface area contributed by atoms with Crippen molar-refractivity contribution in [2.75, 3.05) is 6.26 Å². The Kier molecular flexibility index (Phi) is 4.62. The molecule has 1 atom stereocenters. The van der Waals surface area contributed by atoms with Gasteiger partial charge in [0.2, 0.25) is 0 Å². The molecule has 0 aliphatic rings. The quantitative estimate of drug-likeness (QED) is 0.923. The number of sulfone groups is 1. The van der Waals surface area contributed by atoms with Crippen LogP contribution in [0.5, 0.6) is 0 Å². The van der Waals surface area contributed by atoms with E-state index in [9.17, 15) is 8.42 Å². The number of benzene rings is 1. The standard InChI is InChI=1S/C15H19NO2S2/c1-3-12-6-7-13(19-12)10-15(16)11-4-8-14(9-5-11)20(2,17)18/h4-9,15H,3,10,16H2,1-2H3. The van der Waals surface area contributed by atoms with Crippen LogP contribution in [-0.4, -0.2) is 14.7 Å². The fourth-order valence-corrected chi connectivity index (χ4v) is 3.67. The molecule has 1 aromatic carbocycles. The molecule has 0 radical (unpaired) electrons. The Hall–Kier alpha value is -1.17. The van der Waals surface area contributed by atoms with Crippen LogP contribution in [0.4, 0.5) is 0 Å². The summed E-state index contributed by atoms with van der Waals surface area (Å²) < 4.78 is 22.8. The van der Waals surface area contributed by atoms with Crippen LogP contribution in [0.2, 0.25) is 0 Å². The van der Waals surface area contributed by atoms with Gasteiger partial charge in [0.15, 0.2) is 9.84 Å². The third-order valence-electron chi connectivity index (χ3n) is 3.22. The van der Waals surface area contributed by atoms with Crippen molar-refractivity contribution < 1.29 is 8.42 Å². The second-order valence-electron chi connectivity index (χ2n) is 4.87. The Morgan fingerprint density at radius 2 is 1.70 bits per heavy atom. The van der Waals surface area contributed by atoms with Crippen molar-refractivity contribution in [3.8, 4) is 0 Å². The van der Waals surface area contributed by atoms with Crippen molar-refractivity contribution in [1.29, 1.82) is 0 Å². The van der Waals surface area contributed by atoms with Gasteiger partial charge in [0, 0.05) is 28.5 Å². The first-order valence-corrected chi connectivity index (χ1v) is 9.24. The molecule has 2 rings (SSSR count). The second kappa shape index (κ2) is 6.08. The van der Waals surface area contributed by atoms with E-state index in [1.807, 2.05) is 0 Å². The van der Waals surface area contributed by atoms with Crippen molar-refractivity contribution in [2.45, 2.75) is 30.7 Å². The zero-order valence-corrected chi connectivity index (χ0v) is 13.3. The number of rotatable bonds is 5. The van der Waals surface area contributed by atoms with Crippen LogP contribution >= 0.6 is 11.3 Å². The maximum atomic E-state index is 11.4. The largest absolute Gasteiger partial charge is 0.324 e. The van der Waals surface area contributed by atoms with Gasteiger partial charge in [0.1, 0.15) is 0 Å². The number of hydrogen-bond donors (Lipinski definition) is 1. The van der Waals surface area contributed by atoms with Crippen molar-refractivity contribution >= 4 is 21.2 Å². The maximum absolute atomic E-state index is 11.4. The number of aryl methyl sites for hydroxylation is 1. The predicted molar refractivity (Wildman–Crippen MR) is 83.9 cm³/mol.